The van der Waals surface area contributed by atoms with Crippen molar-refractivity contribution in [2.24, 2.45) is 0 Å². The fraction of sp³-hybridized carbons (Fsp3) is 0.211. The van der Waals surface area contributed by atoms with Crippen molar-refractivity contribution in [1.29, 1.82) is 0 Å². The predicted molar refractivity (Wildman–Crippen MR) is 90.7 cm³/mol. The van der Waals surface area contributed by atoms with Gasteiger partial charge in [0.15, 0.2) is 11.9 Å². The van der Waals surface area contributed by atoms with Gasteiger partial charge in [0.1, 0.15) is 5.75 Å². The Hall–Kier alpha value is -3.15. The largest absolute Gasteiger partial charge is 0.632 e. The van der Waals surface area contributed by atoms with E-state index in [4.69, 9.17) is 4.74 Å². The maximum atomic E-state index is 12.6. The molecule has 2 aromatic carbocycles. The second-order valence-electron chi connectivity index (χ2n) is 5.62. The molecule has 128 valence electrons. The first-order valence-electron chi connectivity index (χ1n) is 8.00. The molecule has 0 spiro atoms. The first-order valence-corrected chi connectivity index (χ1v) is 8.00. The number of aromatic hydroxyl groups is 2. The first-order chi connectivity index (χ1) is 12.1. The summed E-state index contributed by atoms with van der Waals surface area (Å²) >= 11 is 0. The number of para-hydroxylation sites is 1. The molecule has 0 fully saturated rings. The van der Waals surface area contributed by atoms with E-state index in [2.05, 4.69) is 0 Å². The maximum Gasteiger partial charge on any atom is 0.632 e. The minimum Gasteiger partial charge on any atom is -0.497 e. The summed E-state index contributed by atoms with van der Waals surface area (Å²) in [6, 6.07) is 13.8. The third kappa shape index (κ3) is 2.98. The zero-order valence-corrected chi connectivity index (χ0v) is 14.1. The molecule has 1 heterocycles. The van der Waals surface area contributed by atoms with Crippen molar-refractivity contribution in [3.63, 3.8) is 0 Å². The Kier molecular flexibility index (Phi) is 4.52. The van der Waals surface area contributed by atoms with Crippen LogP contribution in [0.2, 0.25) is 0 Å². The average molecular weight is 340 g/mol. The van der Waals surface area contributed by atoms with E-state index in [0.717, 1.165) is 0 Å². The number of fused-ring (bicyclic) bond motifs is 1. The van der Waals surface area contributed by atoms with E-state index in [0.29, 0.717) is 28.8 Å². The molecule has 0 unspecified atom stereocenters. The molecule has 0 radical (unpaired) electrons. The summed E-state index contributed by atoms with van der Waals surface area (Å²) in [6.07, 6.45) is 0. The predicted octanol–water partition coefficient (Wildman–Crippen LogP) is 1.74. The van der Waals surface area contributed by atoms with Gasteiger partial charge in [0.2, 0.25) is 17.8 Å². The second-order valence-corrected chi connectivity index (χ2v) is 5.62. The SMILES string of the molecule is CC[n+]1c(O)c2ccccc2[n+](CC(=O)c2ccc(OC)cc2)c1O. The molecular formula is C19H20N2O4+2. The number of rotatable bonds is 5. The molecule has 0 aliphatic carbocycles. The van der Waals surface area contributed by atoms with Crippen LogP contribution in [-0.4, -0.2) is 23.1 Å². The van der Waals surface area contributed by atoms with Gasteiger partial charge in [-0.05, 0) is 37.3 Å². The second kappa shape index (κ2) is 6.76. The number of nitrogens with zero attached hydrogens (tertiary/aromatic N) is 2. The number of benzene rings is 2. The molecule has 0 amide bonds. The van der Waals surface area contributed by atoms with Gasteiger partial charge in [-0.2, -0.15) is 0 Å². The van der Waals surface area contributed by atoms with Crippen molar-refractivity contribution in [1.82, 2.24) is 0 Å². The van der Waals surface area contributed by atoms with Gasteiger partial charge in [-0.25, -0.2) is 0 Å². The molecule has 0 atom stereocenters. The highest BCUT2D eigenvalue weighted by Gasteiger charge is 2.33. The number of aromatic nitrogens is 2. The summed E-state index contributed by atoms with van der Waals surface area (Å²) in [5.41, 5.74) is 1.11. The van der Waals surface area contributed by atoms with E-state index >= 15 is 0 Å². The fourth-order valence-electron chi connectivity index (χ4n) is 2.85. The number of Topliss-reactive ketones (excluding diaryl/α,β-unsaturated/α-hetero) is 1. The lowest BCUT2D eigenvalue weighted by molar-refractivity contribution is -0.815. The maximum absolute atomic E-state index is 12.6. The molecule has 0 bridgehead atoms. The number of carbonyl (C=O) groups is 1. The number of ketones is 1. The van der Waals surface area contributed by atoms with E-state index in [1.807, 2.05) is 6.92 Å². The molecule has 3 aromatic rings. The molecule has 6 nitrogen and oxygen atoms in total. The molecule has 25 heavy (non-hydrogen) atoms. The highest BCUT2D eigenvalue weighted by molar-refractivity contribution is 5.95. The first kappa shape index (κ1) is 16.7. The molecule has 0 saturated carbocycles. The Morgan fingerprint density at radius 2 is 1.72 bits per heavy atom. The van der Waals surface area contributed by atoms with E-state index in [1.54, 1.807) is 55.6 Å². The van der Waals surface area contributed by atoms with Crippen molar-refractivity contribution in [2.45, 2.75) is 20.0 Å². The van der Waals surface area contributed by atoms with Gasteiger partial charge in [0.25, 0.3) is 0 Å². The van der Waals surface area contributed by atoms with Crippen LogP contribution in [-0.2, 0) is 13.1 Å². The molecule has 3 rings (SSSR count). The van der Waals surface area contributed by atoms with Crippen LogP contribution in [0.4, 0.5) is 0 Å². The summed E-state index contributed by atoms with van der Waals surface area (Å²) in [5.74, 6) is 0.496. The number of carbonyl (C=O) groups excluding carboxylic acids is 1. The standard InChI is InChI=1S/C19H18N2O4/c1-3-20-18(23)15-6-4-5-7-16(15)21(19(20)24)12-17(22)13-8-10-14(25-2)11-9-13/h4-11H,3,12H2,1-2H3/p+2. The summed E-state index contributed by atoms with van der Waals surface area (Å²) < 4.78 is 7.97. The highest BCUT2D eigenvalue weighted by atomic mass is 16.5. The zero-order valence-electron chi connectivity index (χ0n) is 14.1. The van der Waals surface area contributed by atoms with Gasteiger partial charge in [0, 0.05) is 11.6 Å². The van der Waals surface area contributed by atoms with Crippen molar-refractivity contribution in [3.05, 3.63) is 54.1 Å². The molecule has 1 aromatic heterocycles. The summed E-state index contributed by atoms with van der Waals surface area (Å²) in [7, 11) is 1.57. The van der Waals surface area contributed by atoms with Crippen LogP contribution in [0.15, 0.2) is 48.5 Å². The lowest BCUT2D eigenvalue weighted by atomic mass is 10.1. The molecular weight excluding hydrogens is 320 g/mol. The molecule has 6 heteroatoms. The number of hydrogen-bond acceptors (Lipinski definition) is 4. The van der Waals surface area contributed by atoms with Gasteiger partial charge in [-0.15, -0.1) is 0 Å². The van der Waals surface area contributed by atoms with Crippen LogP contribution in [0.5, 0.6) is 17.6 Å². The van der Waals surface area contributed by atoms with Crippen LogP contribution < -0.4 is 13.9 Å². The average Bonchev–Trinajstić information content (AvgIpc) is 2.65. The Bertz CT molecular complexity index is 936. The van der Waals surface area contributed by atoms with Gasteiger partial charge >= 0.3 is 11.9 Å². The molecule has 0 saturated heterocycles. The van der Waals surface area contributed by atoms with Gasteiger partial charge in [-0.1, -0.05) is 21.3 Å². The van der Waals surface area contributed by atoms with E-state index in [9.17, 15) is 15.0 Å². The Morgan fingerprint density at radius 3 is 2.36 bits per heavy atom. The van der Waals surface area contributed by atoms with E-state index in [-0.39, 0.29) is 24.2 Å². The monoisotopic (exact) mass is 340 g/mol. The van der Waals surface area contributed by atoms with E-state index in [1.165, 1.54) is 9.13 Å². The zero-order chi connectivity index (χ0) is 18.0. The summed E-state index contributed by atoms with van der Waals surface area (Å²) in [4.78, 5) is 12.6. The normalized spacial score (nSPS) is 10.8. The lowest BCUT2D eigenvalue weighted by Crippen LogP contribution is -2.49. The smallest absolute Gasteiger partial charge is 0.497 e. The van der Waals surface area contributed by atoms with E-state index < -0.39 is 0 Å². The third-order valence-corrected chi connectivity index (χ3v) is 4.20. The van der Waals surface area contributed by atoms with Crippen molar-refractivity contribution in [3.8, 4) is 17.6 Å². The number of hydrogen-bond donors (Lipinski definition) is 2. The van der Waals surface area contributed by atoms with Gasteiger partial charge in [0.05, 0.1) is 7.11 Å². The van der Waals surface area contributed by atoms with Crippen LogP contribution >= 0.6 is 0 Å². The van der Waals surface area contributed by atoms with Crippen LogP contribution in [0.3, 0.4) is 0 Å². The summed E-state index contributed by atoms with van der Waals surface area (Å²) in [5, 5.41) is 21.5. The third-order valence-electron chi connectivity index (χ3n) is 4.20. The van der Waals surface area contributed by atoms with Crippen molar-refractivity contribution in [2.75, 3.05) is 7.11 Å². The van der Waals surface area contributed by atoms with Crippen LogP contribution in [0, 0.1) is 0 Å². The minimum absolute atomic E-state index is 0.0243. The molecule has 0 aliphatic rings. The Labute approximate surface area is 145 Å². The van der Waals surface area contributed by atoms with Crippen LogP contribution in [0.25, 0.3) is 10.9 Å². The fourth-order valence-corrected chi connectivity index (χ4v) is 2.85. The quantitative estimate of drug-likeness (QED) is 0.548. The van der Waals surface area contributed by atoms with Crippen LogP contribution in [0.1, 0.15) is 17.3 Å². The molecule has 2 N–H and O–H groups in total. The summed E-state index contributed by atoms with van der Waals surface area (Å²) in [6.45, 7) is 2.14. The number of ether oxygens (including phenoxy) is 1. The minimum atomic E-state index is -0.166. The topological polar surface area (TPSA) is 74.5 Å². The Balaban J connectivity index is 2.07. The van der Waals surface area contributed by atoms with Crippen molar-refractivity contribution < 1.29 is 28.9 Å². The van der Waals surface area contributed by atoms with Gasteiger partial charge < -0.3 is 14.9 Å². The highest BCUT2D eigenvalue weighted by Crippen LogP contribution is 2.20. The number of methoxy groups -OCH3 is 1. The Morgan fingerprint density at radius 1 is 1.04 bits per heavy atom. The lowest BCUT2D eigenvalue weighted by Gasteiger charge is -2.04. The van der Waals surface area contributed by atoms with Gasteiger partial charge in [-0.3, -0.25) is 4.79 Å². The molecule has 0 aliphatic heterocycles. The van der Waals surface area contributed by atoms with Crippen molar-refractivity contribution >= 4 is 16.7 Å².